The Hall–Kier alpha value is -4.70. The molecular formula is C38H42FN3O5S. The Morgan fingerprint density at radius 1 is 0.833 bits per heavy atom. The first kappa shape index (κ1) is 34.6. The van der Waals surface area contributed by atoms with Crippen LogP contribution in [0.15, 0.2) is 109 Å². The Bertz CT molecular complexity index is 1750. The minimum Gasteiger partial charge on any atom is -0.489 e. The van der Waals surface area contributed by atoms with Gasteiger partial charge < -0.3 is 15.0 Å². The third-order valence-electron chi connectivity index (χ3n) is 8.57. The van der Waals surface area contributed by atoms with Crippen molar-refractivity contribution in [2.75, 3.05) is 17.1 Å². The van der Waals surface area contributed by atoms with Gasteiger partial charge in [0.05, 0.1) is 11.9 Å². The number of sulfonamides is 1. The first-order chi connectivity index (χ1) is 23.2. The molecule has 1 atom stereocenters. The van der Waals surface area contributed by atoms with Crippen molar-refractivity contribution < 1.29 is 27.1 Å². The number of hydrogen-bond acceptors (Lipinski definition) is 5. The van der Waals surface area contributed by atoms with E-state index in [1.54, 1.807) is 42.5 Å². The topological polar surface area (TPSA) is 96.0 Å². The lowest BCUT2D eigenvalue weighted by molar-refractivity contribution is -0.140. The van der Waals surface area contributed by atoms with Gasteiger partial charge in [-0.2, -0.15) is 0 Å². The molecule has 2 amide bonds. The molecule has 252 valence electrons. The Kier molecular flexibility index (Phi) is 11.8. The molecule has 0 aliphatic heterocycles. The van der Waals surface area contributed by atoms with Gasteiger partial charge in [0.25, 0.3) is 0 Å². The highest BCUT2D eigenvalue weighted by Gasteiger charge is 2.34. The largest absolute Gasteiger partial charge is 0.489 e. The molecule has 1 saturated carbocycles. The molecule has 1 N–H and O–H groups in total. The first-order valence-electron chi connectivity index (χ1n) is 16.3. The predicted octanol–water partition coefficient (Wildman–Crippen LogP) is 6.26. The highest BCUT2D eigenvalue weighted by Crippen LogP contribution is 2.25. The lowest BCUT2D eigenvalue weighted by Gasteiger charge is -2.35. The van der Waals surface area contributed by atoms with Gasteiger partial charge in [-0.3, -0.25) is 13.9 Å². The molecule has 4 aromatic rings. The van der Waals surface area contributed by atoms with Crippen LogP contribution in [0.1, 0.15) is 48.8 Å². The minimum absolute atomic E-state index is 0.0231. The van der Waals surface area contributed by atoms with Gasteiger partial charge >= 0.3 is 0 Å². The van der Waals surface area contributed by atoms with E-state index in [2.05, 4.69) is 5.32 Å². The number of halogens is 1. The summed E-state index contributed by atoms with van der Waals surface area (Å²) < 4.78 is 48.2. The third kappa shape index (κ3) is 9.67. The maximum absolute atomic E-state index is 15.0. The van der Waals surface area contributed by atoms with Crippen LogP contribution in [0.2, 0.25) is 0 Å². The van der Waals surface area contributed by atoms with Gasteiger partial charge in [-0.25, -0.2) is 12.8 Å². The van der Waals surface area contributed by atoms with Gasteiger partial charge in [0.2, 0.25) is 21.8 Å². The number of benzene rings is 4. The zero-order valence-electron chi connectivity index (χ0n) is 27.1. The minimum atomic E-state index is -3.95. The number of carbonyl (C=O) groups is 2. The Morgan fingerprint density at radius 2 is 1.44 bits per heavy atom. The van der Waals surface area contributed by atoms with Gasteiger partial charge in [-0.15, -0.1) is 0 Å². The second-order valence-electron chi connectivity index (χ2n) is 12.2. The van der Waals surface area contributed by atoms with Gasteiger partial charge in [-0.05, 0) is 54.3 Å². The molecule has 0 radical (unpaired) electrons. The van der Waals surface area contributed by atoms with Crippen LogP contribution in [0.4, 0.5) is 10.1 Å². The van der Waals surface area contributed by atoms with Crippen LogP contribution in [0, 0.1) is 5.82 Å². The number of anilines is 1. The van der Waals surface area contributed by atoms with E-state index in [0.717, 1.165) is 53.8 Å². The molecule has 8 nitrogen and oxygen atoms in total. The number of carbonyl (C=O) groups excluding carboxylic acids is 2. The van der Waals surface area contributed by atoms with Crippen molar-refractivity contribution in [2.24, 2.45) is 0 Å². The number of rotatable bonds is 14. The summed E-state index contributed by atoms with van der Waals surface area (Å²) in [6.45, 7) is -0.463. The van der Waals surface area contributed by atoms with Crippen LogP contribution in [0.25, 0.3) is 0 Å². The number of amides is 2. The van der Waals surface area contributed by atoms with Crippen molar-refractivity contribution in [3.8, 4) is 5.75 Å². The Balaban J connectivity index is 1.44. The maximum Gasteiger partial charge on any atom is 0.244 e. The van der Waals surface area contributed by atoms with Gasteiger partial charge in [-0.1, -0.05) is 98.1 Å². The highest BCUT2D eigenvalue weighted by molar-refractivity contribution is 7.92. The van der Waals surface area contributed by atoms with Crippen molar-refractivity contribution in [3.05, 3.63) is 132 Å². The summed E-state index contributed by atoms with van der Waals surface area (Å²) in [6, 6.07) is 30.5. The molecule has 0 aromatic heterocycles. The van der Waals surface area contributed by atoms with Crippen molar-refractivity contribution >= 4 is 27.5 Å². The van der Waals surface area contributed by atoms with Crippen LogP contribution < -0.4 is 14.4 Å². The van der Waals surface area contributed by atoms with Gasteiger partial charge in [0.15, 0.2) is 0 Å². The number of ether oxygens (including phenoxy) is 1. The highest BCUT2D eigenvalue weighted by atomic mass is 32.2. The van der Waals surface area contributed by atoms with E-state index < -0.39 is 34.3 Å². The lowest BCUT2D eigenvalue weighted by Crippen LogP contribution is -2.55. The van der Waals surface area contributed by atoms with Crippen LogP contribution >= 0.6 is 0 Å². The van der Waals surface area contributed by atoms with Gasteiger partial charge in [0.1, 0.15) is 30.8 Å². The van der Waals surface area contributed by atoms with Crippen LogP contribution in [-0.2, 0) is 39.2 Å². The molecule has 0 heterocycles. The van der Waals surface area contributed by atoms with E-state index in [-0.39, 0.29) is 36.2 Å². The second kappa shape index (κ2) is 16.4. The first-order valence-corrected chi connectivity index (χ1v) is 18.1. The van der Waals surface area contributed by atoms with Gasteiger partial charge in [0, 0.05) is 24.6 Å². The van der Waals surface area contributed by atoms with E-state index in [9.17, 15) is 18.0 Å². The third-order valence-corrected chi connectivity index (χ3v) is 9.71. The molecule has 1 fully saturated rings. The fourth-order valence-corrected chi connectivity index (χ4v) is 6.82. The SMILES string of the molecule is CS(=O)(=O)N(CC(=O)N(Cc1ccccc1F)[C@H](Cc1ccccc1)C(=O)NC1CCCCC1)c1ccc(OCc2ccccc2)cc1. The average Bonchev–Trinajstić information content (AvgIpc) is 3.09. The standard InChI is InChI=1S/C38H42FN3O5S/c1-48(45,46)42(33-21-23-34(24-22-33)47-28-30-15-7-3-8-16-30)27-37(43)41(26-31-17-11-12-20-35(31)39)36(25-29-13-5-2-6-14-29)38(44)40-32-18-9-4-10-19-32/h2-3,5-8,11-17,20-24,32,36H,4,9-10,18-19,25-28H2,1H3,(H,40,44)/t36-/m1/s1. The van der Waals surface area contributed by atoms with E-state index in [0.29, 0.717) is 12.4 Å². The molecule has 4 aromatic carbocycles. The predicted molar refractivity (Wildman–Crippen MR) is 185 cm³/mol. The van der Waals surface area contributed by atoms with Crippen LogP contribution in [0.3, 0.4) is 0 Å². The monoisotopic (exact) mass is 671 g/mol. The Morgan fingerprint density at radius 3 is 2.06 bits per heavy atom. The zero-order valence-corrected chi connectivity index (χ0v) is 27.9. The molecular weight excluding hydrogens is 629 g/mol. The fourth-order valence-electron chi connectivity index (χ4n) is 5.97. The van der Waals surface area contributed by atoms with E-state index in [1.807, 2.05) is 60.7 Å². The number of hydrogen-bond donors (Lipinski definition) is 1. The Labute approximate surface area is 282 Å². The van der Waals surface area contributed by atoms with Crippen molar-refractivity contribution in [1.82, 2.24) is 10.2 Å². The van der Waals surface area contributed by atoms with Crippen molar-refractivity contribution in [1.29, 1.82) is 0 Å². The molecule has 0 spiro atoms. The van der Waals surface area contributed by atoms with Crippen molar-refractivity contribution in [2.45, 2.75) is 63.8 Å². The second-order valence-corrected chi connectivity index (χ2v) is 14.1. The normalized spacial score (nSPS) is 14.1. The van der Waals surface area contributed by atoms with Crippen molar-refractivity contribution in [3.63, 3.8) is 0 Å². The van der Waals surface area contributed by atoms with E-state index >= 15 is 4.39 Å². The lowest BCUT2D eigenvalue weighted by atomic mass is 9.94. The molecule has 1 aliphatic carbocycles. The average molecular weight is 672 g/mol. The summed E-state index contributed by atoms with van der Waals surface area (Å²) in [4.78, 5) is 29.7. The fraction of sp³-hybridized carbons (Fsp3) is 0.316. The quantitative estimate of drug-likeness (QED) is 0.171. The summed E-state index contributed by atoms with van der Waals surface area (Å²) in [5, 5.41) is 3.15. The summed E-state index contributed by atoms with van der Waals surface area (Å²) in [5.41, 5.74) is 2.28. The van der Waals surface area contributed by atoms with E-state index in [1.165, 1.54) is 11.0 Å². The summed E-state index contributed by atoms with van der Waals surface area (Å²) in [7, 11) is -3.95. The molecule has 5 rings (SSSR count). The summed E-state index contributed by atoms with van der Waals surface area (Å²) in [6.07, 6.45) is 6.01. The van der Waals surface area contributed by atoms with Crippen LogP contribution in [0.5, 0.6) is 5.75 Å². The molecule has 0 unspecified atom stereocenters. The summed E-state index contributed by atoms with van der Waals surface area (Å²) in [5.74, 6) is -0.965. The molecule has 10 heteroatoms. The van der Waals surface area contributed by atoms with Crippen LogP contribution in [-0.4, -0.2) is 50.0 Å². The zero-order chi connectivity index (χ0) is 33.9. The molecule has 0 bridgehead atoms. The number of nitrogens with one attached hydrogen (secondary N) is 1. The molecule has 1 aliphatic rings. The summed E-state index contributed by atoms with van der Waals surface area (Å²) >= 11 is 0. The van der Waals surface area contributed by atoms with E-state index in [4.69, 9.17) is 4.74 Å². The smallest absolute Gasteiger partial charge is 0.244 e. The molecule has 0 saturated heterocycles. The maximum atomic E-state index is 15.0. The molecule has 48 heavy (non-hydrogen) atoms. The number of nitrogens with zero attached hydrogens (tertiary/aromatic N) is 2.